The largest absolute Gasteiger partial charge is 0.461 e. The lowest BCUT2D eigenvalue weighted by atomic mass is 9.80. The first-order valence-corrected chi connectivity index (χ1v) is 8.03. The summed E-state index contributed by atoms with van der Waals surface area (Å²) in [5.41, 5.74) is -1.37. The Labute approximate surface area is 142 Å². The third kappa shape index (κ3) is 3.48. The highest BCUT2D eigenvalue weighted by molar-refractivity contribution is 6.37. The molecule has 1 aromatic carbocycles. The van der Waals surface area contributed by atoms with Gasteiger partial charge in [0.05, 0.1) is 13.0 Å². The van der Waals surface area contributed by atoms with Gasteiger partial charge in [0.25, 0.3) is 0 Å². The molecule has 0 saturated heterocycles. The minimum absolute atomic E-state index is 0.0458. The number of aliphatic hydroxyl groups is 1. The van der Waals surface area contributed by atoms with Crippen LogP contribution < -0.4 is 0 Å². The van der Waals surface area contributed by atoms with Gasteiger partial charge in [-0.05, 0) is 12.5 Å². The van der Waals surface area contributed by atoms with Crippen LogP contribution in [0.5, 0.6) is 0 Å². The molecule has 0 spiro atoms. The lowest BCUT2D eigenvalue weighted by molar-refractivity contribution is -0.181. The number of carbonyl (C=O) groups excluding carboxylic acids is 2. The van der Waals surface area contributed by atoms with Gasteiger partial charge in [-0.1, -0.05) is 51.1 Å². The lowest BCUT2D eigenvalue weighted by Gasteiger charge is -2.41. The van der Waals surface area contributed by atoms with Crippen LogP contribution in [0.3, 0.4) is 0 Å². The average molecular weight is 332 g/mol. The standard InChI is InChI=1S/C18H24N2O4/c1-5-24-16(22)14-12-18(23,17(2,3)4)20(19-14)15(21)11-13-9-7-6-8-10-13/h6-10,23H,5,11-12H2,1-4H3/t18-/m0/s1. The SMILES string of the molecule is CCOC(=O)C1=NN(C(=O)Cc2ccccc2)[C@@](O)(C(C)(C)C)C1. The fourth-order valence-electron chi connectivity index (χ4n) is 2.56. The fraction of sp³-hybridized carbons (Fsp3) is 0.500. The Balaban J connectivity index is 2.30. The van der Waals surface area contributed by atoms with E-state index < -0.39 is 17.1 Å². The van der Waals surface area contributed by atoms with Gasteiger partial charge in [0.15, 0.2) is 11.4 Å². The van der Waals surface area contributed by atoms with Gasteiger partial charge in [0.2, 0.25) is 5.91 Å². The smallest absolute Gasteiger partial charge is 0.354 e. The van der Waals surface area contributed by atoms with E-state index in [1.807, 2.05) is 30.3 Å². The van der Waals surface area contributed by atoms with Gasteiger partial charge in [-0.15, -0.1) is 0 Å². The monoisotopic (exact) mass is 332 g/mol. The first kappa shape index (κ1) is 18.1. The molecule has 6 heteroatoms. The third-order valence-corrected chi connectivity index (χ3v) is 4.13. The summed E-state index contributed by atoms with van der Waals surface area (Å²) in [7, 11) is 0. The molecule has 1 aromatic rings. The van der Waals surface area contributed by atoms with Crippen molar-refractivity contribution in [3.8, 4) is 0 Å². The van der Waals surface area contributed by atoms with Crippen molar-refractivity contribution in [2.45, 2.75) is 46.3 Å². The maximum atomic E-state index is 12.7. The number of nitrogens with zero attached hydrogens (tertiary/aromatic N) is 2. The van der Waals surface area contributed by atoms with Gasteiger partial charge in [-0.3, -0.25) is 4.79 Å². The van der Waals surface area contributed by atoms with Crippen molar-refractivity contribution >= 4 is 17.6 Å². The van der Waals surface area contributed by atoms with Gasteiger partial charge in [0, 0.05) is 11.8 Å². The first-order chi connectivity index (χ1) is 11.2. The molecule has 1 heterocycles. The second-order valence-electron chi connectivity index (χ2n) is 6.88. The summed E-state index contributed by atoms with van der Waals surface area (Å²) in [5.74, 6) is -0.965. The van der Waals surface area contributed by atoms with E-state index in [1.54, 1.807) is 27.7 Å². The van der Waals surface area contributed by atoms with Crippen molar-refractivity contribution in [2.24, 2.45) is 10.5 Å². The van der Waals surface area contributed by atoms with E-state index >= 15 is 0 Å². The van der Waals surface area contributed by atoms with Gasteiger partial charge < -0.3 is 9.84 Å². The summed E-state index contributed by atoms with van der Waals surface area (Å²) in [4.78, 5) is 24.7. The van der Waals surface area contributed by atoms with Crippen LogP contribution in [-0.2, 0) is 20.7 Å². The van der Waals surface area contributed by atoms with Crippen LogP contribution in [0.15, 0.2) is 35.4 Å². The molecule has 1 amide bonds. The maximum Gasteiger partial charge on any atom is 0.354 e. The van der Waals surface area contributed by atoms with E-state index in [-0.39, 0.29) is 31.1 Å². The van der Waals surface area contributed by atoms with Crippen LogP contribution in [0.4, 0.5) is 0 Å². The Morgan fingerprint density at radius 2 is 1.92 bits per heavy atom. The van der Waals surface area contributed by atoms with Gasteiger partial charge >= 0.3 is 5.97 Å². The second kappa shape index (κ2) is 6.73. The van der Waals surface area contributed by atoms with Crippen LogP contribution in [0.1, 0.15) is 39.7 Å². The van der Waals surface area contributed by atoms with Crippen LogP contribution in [0, 0.1) is 5.41 Å². The Kier molecular flexibility index (Phi) is 5.08. The van der Waals surface area contributed by atoms with Gasteiger partial charge in [-0.2, -0.15) is 5.10 Å². The van der Waals surface area contributed by atoms with E-state index in [2.05, 4.69) is 5.10 Å². The molecular weight excluding hydrogens is 308 g/mol. The van der Waals surface area contributed by atoms with Crippen LogP contribution in [0.25, 0.3) is 0 Å². The highest BCUT2D eigenvalue weighted by Crippen LogP contribution is 2.41. The maximum absolute atomic E-state index is 12.7. The van der Waals surface area contributed by atoms with Crippen LogP contribution >= 0.6 is 0 Å². The molecule has 24 heavy (non-hydrogen) atoms. The minimum atomic E-state index is -1.57. The molecule has 1 N–H and O–H groups in total. The van der Waals surface area contributed by atoms with E-state index in [1.165, 1.54) is 0 Å². The molecule has 6 nitrogen and oxygen atoms in total. The molecule has 0 bridgehead atoms. The molecule has 1 atom stereocenters. The molecule has 0 fully saturated rings. The topological polar surface area (TPSA) is 79.2 Å². The van der Waals surface area contributed by atoms with Crippen molar-refractivity contribution < 1.29 is 19.4 Å². The first-order valence-electron chi connectivity index (χ1n) is 8.03. The average Bonchev–Trinajstić information content (AvgIpc) is 2.88. The van der Waals surface area contributed by atoms with Crippen molar-refractivity contribution in [1.29, 1.82) is 0 Å². The summed E-state index contributed by atoms with van der Waals surface area (Å²) < 4.78 is 4.96. The summed E-state index contributed by atoms with van der Waals surface area (Å²) >= 11 is 0. The zero-order chi connectivity index (χ0) is 18.0. The Morgan fingerprint density at radius 3 is 2.46 bits per heavy atom. The number of hydrogen-bond acceptors (Lipinski definition) is 5. The Hall–Kier alpha value is -2.21. The van der Waals surface area contributed by atoms with Gasteiger partial charge in [0.1, 0.15) is 0 Å². The summed E-state index contributed by atoms with van der Waals surface area (Å²) in [5, 5.41) is 16.3. The molecule has 2 rings (SSSR count). The van der Waals surface area contributed by atoms with E-state index in [0.717, 1.165) is 10.6 Å². The number of amides is 1. The number of rotatable bonds is 4. The molecule has 1 aliphatic rings. The normalized spacial score (nSPS) is 20.7. The van der Waals surface area contributed by atoms with E-state index in [4.69, 9.17) is 4.74 Å². The number of hydrogen-bond donors (Lipinski definition) is 1. The quantitative estimate of drug-likeness (QED) is 0.857. The number of benzene rings is 1. The van der Waals surface area contributed by atoms with Crippen molar-refractivity contribution in [3.63, 3.8) is 0 Å². The molecule has 0 aliphatic carbocycles. The molecule has 0 unspecified atom stereocenters. The minimum Gasteiger partial charge on any atom is -0.461 e. The van der Waals surface area contributed by atoms with Crippen molar-refractivity contribution in [1.82, 2.24) is 5.01 Å². The van der Waals surface area contributed by atoms with E-state index in [9.17, 15) is 14.7 Å². The van der Waals surface area contributed by atoms with Crippen molar-refractivity contribution in [2.75, 3.05) is 6.61 Å². The highest BCUT2D eigenvalue weighted by Gasteiger charge is 2.53. The molecule has 0 saturated carbocycles. The Bertz CT molecular complexity index is 649. The van der Waals surface area contributed by atoms with Gasteiger partial charge in [-0.25, -0.2) is 9.80 Å². The van der Waals surface area contributed by atoms with Crippen LogP contribution in [0.2, 0.25) is 0 Å². The zero-order valence-electron chi connectivity index (χ0n) is 14.6. The van der Waals surface area contributed by atoms with Crippen LogP contribution in [-0.4, -0.2) is 40.0 Å². The number of esters is 1. The summed E-state index contributed by atoms with van der Waals surface area (Å²) in [6.45, 7) is 7.32. The molecule has 0 aromatic heterocycles. The third-order valence-electron chi connectivity index (χ3n) is 4.13. The fourth-order valence-corrected chi connectivity index (χ4v) is 2.56. The zero-order valence-corrected chi connectivity index (χ0v) is 14.6. The predicted octanol–water partition coefficient (Wildman–Crippen LogP) is 2.12. The number of carbonyl (C=O) groups is 2. The Morgan fingerprint density at radius 1 is 1.29 bits per heavy atom. The second-order valence-corrected chi connectivity index (χ2v) is 6.88. The van der Waals surface area contributed by atoms with E-state index in [0.29, 0.717) is 0 Å². The van der Waals surface area contributed by atoms with Crippen molar-refractivity contribution in [3.05, 3.63) is 35.9 Å². The number of hydrazone groups is 1. The molecule has 0 radical (unpaired) electrons. The molecular formula is C18H24N2O4. The summed E-state index contributed by atoms with van der Waals surface area (Å²) in [6, 6.07) is 9.22. The number of ether oxygens (including phenoxy) is 1. The summed E-state index contributed by atoms with van der Waals surface area (Å²) in [6.07, 6.45) is 0.0503. The molecule has 130 valence electrons. The predicted molar refractivity (Wildman–Crippen MR) is 90.1 cm³/mol. The molecule has 1 aliphatic heterocycles. The highest BCUT2D eigenvalue weighted by atomic mass is 16.5. The lowest BCUT2D eigenvalue weighted by Crippen LogP contribution is -2.55.